The monoisotopic (exact) mass is 300 g/mol. The summed E-state index contributed by atoms with van der Waals surface area (Å²) in [6.45, 7) is 2.34. The summed E-state index contributed by atoms with van der Waals surface area (Å²) in [6.07, 6.45) is 2.94. The second-order valence-electron chi connectivity index (χ2n) is 4.64. The number of thioether (sulfide) groups is 1. The lowest BCUT2D eigenvalue weighted by Crippen LogP contribution is -2.22. The maximum absolute atomic E-state index is 12.0. The van der Waals surface area contributed by atoms with Gasteiger partial charge in [-0.25, -0.2) is 0 Å². The van der Waals surface area contributed by atoms with Crippen LogP contribution in [0.3, 0.4) is 0 Å². The topological polar surface area (TPSA) is 41.1 Å². The molecule has 2 aromatic carbocycles. The van der Waals surface area contributed by atoms with Gasteiger partial charge >= 0.3 is 0 Å². The van der Waals surface area contributed by atoms with Crippen molar-refractivity contribution in [3.63, 3.8) is 0 Å². The van der Waals surface area contributed by atoms with Gasteiger partial charge in [-0.15, -0.1) is 11.8 Å². The van der Waals surface area contributed by atoms with Crippen molar-refractivity contribution in [3.8, 4) is 0 Å². The summed E-state index contributed by atoms with van der Waals surface area (Å²) in [5.41, 5.74) is 3.00. The van der Waals surface area contributed by atoms with Crippen molar-refractivity contribution in [2.75, 3.05) is 23.4 Å². The van der Waals surface area contributed by atoms with E-state index in [0.29, 0.717) is 0 Å². The van der Waals surface area contributed by atoms with Crippen molar-refractivity contribution >= 4 is 29.0 Å². The second-order valence-corrected chi connectivity index (χ2v) is 5.52. The van der Waals surface area contributed by atoms with Gasteiger partial charge in [-0.05, 0) is 42.5 Å². The summed E-state index contributed by atoms with van der Waals surface area (Å²) in [6, 6.07) is 15.9. The predicted molar refractivity (Wildman–Crippen MR) is 91.2 cm³/mol. The number of amides is 1. The molecule has 0 aliphatic carbocycles. The summed E-state index contributed by atoms with van der Waals surface area (Å²) >= 11 is 1.68. The Morgan fingerprint density at radius 3 is 2.71 bits per heavy atom. The number of hydrogen-bond donors (Lipinski definition) is 2. The standard InChI is InChI=1S/C17H20N2OS/c1-3-13-7-4-5-10-16(13)19-17(20)12-18-14-8-6-9-15(11-14)21-2/h4-11,18H,3,12H2,1-2H3,(H,19,20). The van der Waals surface area contributed by atoms with Crippen molar-refractivity contribution in [2.45, 2.75) is 18.2 Å². The van der Waals surface area contributed by atoms with Crippen LogP contribution in [0.1, 0.15) is 12.5 Å². The van der Waals surface area contributed by atoms with Crippen LogP contribution in [0.2, 0.25) is 0 Å². The van der Waals surface area contributed by atoms with Gasteiger partial charge in [0.2, 0.25) is 5.91 Å². The molecule has 21 heavy (non-hydrogen) atoms. The number of hydrogen-bond acceptors (Lipinski definition) is 3. The summed E-state index contributed by atoms with van der Waals surface area (Å²) in [7, 11) is 0. The zero-order valence-corrected chi connectivity index (χ0v) is 13.2. The van der Waals surface area contributed by atoms with Gasteiger partial charge in [-0.2, -0.15) is 0 Å². The molecule has 0 spiro atoms. The molecular weight excluding hydrogens is 280 g/mol. The molecule has 0 saturated carbocycles. The first-order chi connectivity index (χ1) is 10.2. The minimum Gasteiger partial charge on any atom is -0.376 e. The normalized spacial score (nSPS) is 10.2. The lowest BCUT2D eigenvalue weighted by molar-refractivity contribution is -0.114. The van der Waals surface area contributed by atoms with Crippen LogP contribution >= 0.6 is 11.8 Å². The lowest BCUT2D eigenvalue weighted by Gasteiger charge is -2.11. The van der Waals surface area contributed by atoms with Gasteiger partial charge in [0, 0.05) is 16.3 Å². The van der Waals surface area contributed by atoms with Gasteiger partial charge in [0.05, 0.1) is 6.54 Å². The molecule has 0 aromatic heterocycles. The fourth-order valence-electron chi connectivity index (χ4n) is 2.06. The minimum absolute atomic E-state index is 0.0366. The van der Waals surface area contributed by atoms with E-state index < -0.39 is 0 Å². The van der Waals surface area contributed by atoms with Gasteiger partial charge in [0.1, 0.15) is 0 Å². The third-order valence-corrected chi connectivity index (χ3v) is 3.92. The molecular formula is C17H20N2OS. The van der Waals surface area contributed by atoms with Crippen molar-refractivity contribution in [3.05, 3.63) is 54.1 Å². The molecule has 110 valence electrons. The average molecular weight is 300 g/mol. The number of aryl methyl sites for hydroxylation is 1. The smallest absolute Gasteiger partial charge is 0.243 e. The third-order valence-electron chi connectivity index (χ3n) is 3.20. The molecule has 2 aromatic rings. The number of nitrogens with one attached hydrogen (secondary N) is 2. The highest BCUT2D eigenvalue weighted by molar-refractivity contribution is 7.98. The average Bonchev–Trinajstić information content (AvgIpc) is 2.53. The highest BCUT2D eigenvalue weighted by Gasteiger charge is 2.05. The van der Waals surface area contributed by atoms with Crippen LogP contribution in [-0.4, -0.2) is 18.7 Å². The maximum Gasteiger partial charge on any atom is 0.243 e. The third kappa shape index (κ3) is 4.53. The molecule has 0 heterocycles. The van der Waals surface area contributed by atoms with Crippen LogP contribution in [0.25, 0.3) is 0 Å². The van der Waals surface area contributed by atoms with Gasteiger partial charge in [0.15, 0.2) is 0 Å². The number of carbonyl (C=O) groups excluding carboxylic acids is 1. The zero-order chi connectivity index (χ0) is 15.1. The van der Waals surface area contributed by atoms with Crippen LogP contribution in [0.5, 0.6) is 0 Å². The molecule has 0 saturated heterocycles. The highest BCUT2D eigenvalue weighted by Crippen LogP contribution is 2.19. The predicted octanol–water partition coefficient (Wildman–Crippen LogP) is 4.02. The molecule has 3 nitrogen and oxygen atoms in total. The van der Waals surface area contributed by atoms with Crippen molar-refractivity contribution < 1.29 is 4.79 Å². The first-order valence-electron chi connectivity index (χ1n) is 6.98. The van der Waals surface area contributed by atoms with Gasteiger partial charge in [-0.1, -0.05) is 31.2 Å². The Bertz CT molecular complexity index is 613. The van der Waals surface area contributed by atoms with E-state index in [1.54, 1.807) is 11.8 Å². The van der Waals surface area contributed by atoms with E-state index in [4.69, 9.17) is 0 Å². The minimum atomic E-state index is -0.0366. The van der Waals surface area contributed by atoms with Crippen LogP contribution in [-0.2, 0) is 11.2 Å². The molecule has 2 N–H and O–H groups in total. The Labute approximate surface area is 130 Å². The van der Waals surface area contributed by atoms with Crippen LogP contribution in [0, 0.1) is 0 Å². The van der Waals surface area contributed by atoms with Crippen LogP contribution in [0.15, 0.2) is 53.4 Å². The van der Waals surface area contributed by atoms with Crippen molar-refractivity contribution in [1.82, 2.24) is 0 Å². The van der Waals surface area contributed by atoms with Crippen LogP contribution in [0.4, 0.5) is 11.4 Å². The Balaban J connectivity index is 1.92. The second kappa shape index (κ2) is 7.74. The molecule has 0 bridgehead atoms. The number of rotatable bonds is 6. The molecule has 0 unspecified atom stereocenters. The zero-order valence-electron chi connectivity index (χ0n) is 12.3. The van der Waals surface area contributed by atoms with Gasteiger partial charge < -0.3 is 10.6 Å². The lowest BCUT2D eigenvalue weighted by atomic mass is 10.1. The fourth-order valence-corrected chi connectivity index (χ4v) is 2.52. The van der Waals surface area contributed by atoms with E-state index in [9.17, 15) is 4.79 Å². The summed E-state index contributed by atoms with van der Waals surface area (Å²) in [4.78, 5) is 13.2. The quantitative estimate of drug-likeness (QED) is 0.792. The van der Waals surface area contributed by atoms with E-state index in [2.05, 4.69) is 17.6 Å². The number of carbonyl (C=O) groups is 1. The van der Waals surface area contributed by atoms with Crippen molar-refractivity contribution in [2.24, 2.45) is 0 Å². The summed E-state index contributed by atoms with van der Waals surface area (Å²) in [5, 5.41) is 6.11. The molecule has 0 atom stereocenters. The highest BCUT2D eigenvalue weighted by atomic mass is 32.2. The fraction of sp³-hybridized carbons (Fsp3) is 0.235. The molecule has 0 radical (unpaired) electrons. The van der Waals surface area contributed by atoms with E-state index in [-0.39, 0.29) is 12.5 Å². The SMILES string of the molecule is CCc1ccccc1NC(=O)CNc1cccc(SC)c1. The first kappa shape index (κ1) is 15.4. The van der Waals surface area contributed by atoms with E-state index in [0.717, 1.165) is 23.4 Å². The number of anilines is 2. The van der Waals surface area contributed by atoms with E-state index >= 15 is 0 Å². The summed E-state index contributed by atoms with van der Waals surface area (Å²) in [5.74, 6) is -0.0366. The van der Waals surface area contributed by atoms with E-state index in [1.165, 1.54) is 4.90 Å². The molecule has 0 aliphatic rings. The number of para-hydroxylation sites is 1. The first-order valence-corrected chi connectivity index (χ1v) is 8.21. The van der Waals surface area contributed by atoms with Gasteiger partial charge in [0.25, 0.3) is 0 Å². The largest absolute Gasteiger partial charge is 0.376 e. The Hall–Kier alpha value is -1.94. The summed E-state index contributed by atoms with van der Waals surface area (Å²) < 4.78 is 0. The molecule has 0 aliphatic heterocycles. The molecule has 1 amide bonds. The Morgan fingerprint density at radius 1 is 1.14 bits per heavy atom. The molecule has 4 heteroatoms. The maximum atomic E-state index is 12.0. The number of benzene rings is 2. The van der Waals surface area contributed by atoms with Crippen LogP contribution < -0.4 is 10.6 Å². The van der Waals surface area contributed by atoms with Gasteiger partial charge in [-0.3, -0.25) is 4.79 Å². The van der Waals surface area contributed by atoms with Crippen molar-refractivity contribution in [1.29, 1.82) is 0 Å². The Kier molecular flexibility index (Phi) is 5.69. The molecule has 2 rings (SSSR count). The Morgan fingerprint density at radius 2 is 1.95 bits per heavy atom. The molecule has 0 fully saturated rings. The van der Waals surface area contributed by atoms with E-state index in [1.807, 2.05) is 54.8 Å².